The molecular weight excluding hydrogens is 767 g/mol. The van der Waals surface area contributed by atoms with E-state index < -0.39 is 90.5 Å². The molecule has 1 saturated heterocycles. The predicted molar refractivity (Wildman–Crippen MR) is 171 cm³/mol. The summed E-state index contributed by atoms with van der Waals surface area (Å²) in [5, 5.41) is 26.1. The van der Waals surface area contributed by atoms with Crippen LogP contribution in [-0.4, -0.2) is 118 Å². The van der Waals surface area contributed by atoms with Crippen LogP contribution in [0.5, 0.6) is 0 Å². The zero-order valence-corrected chi connectivity index (χ0v) is 30.1. The van der Waals surface area contributed by atoms with Gasteiger partial charge in [-0.2, -0.15) is 4.31 Å². The van der Waals surface area contributed by atoms with Gasteiger partial charge in [-0.25, -0.2) is 34.5 Å². The summed E-state index contributed by atoms with van der Waals surface area (Å²) in [6, 6.07) is 0. The Balaban J connectivity index is 1.54. The average Bonchev–Trinajstić information content (AvgIpc) is 3.60. The van der Waals surface area contributed by atoms with Crippen LogP contribution in [0.3, 0.4) is 0 Å². The van der Waals surface area contributed by atoms with Crippen molar-refractivity contribution in [2.45, 2.75) is 63.8 Å². The standard InChI is InChI=1S/C23H40N9O17P3/c1-23(2,18(36)21(37)27-7-5-13(33)26-6-3-4-14(34)31-25)9-46-52(43,44)49-51(41,42)45-8-12-17(48-50(38,39)40)16(35)22(47-12)32-11-30-15-19(24)28-10-29-20(15)32/h10-12,16-18,22,35-36H,3-9,25H2,1-2H3,(H,26,33)(H,27,37)(H,31,34)(H,41,42)(H,43,44)(H2,24,28,29)(H2,38,39,40)/t12-,16-,17-,18+,22-/m1/s1. The Labute approximate surface area is 294 Å². The van der Waals surface area contributed by atoms with Crippen LogP contribution >= 0.6 is 23.5 Å². The number of rotatable bonds is 20. The van der Waals surface area contributed by atoms with Crippen LogP contribution in [0.1, 0.15) is 39.3 Å². The number of aromatic nitrogens is 4. The van der Waals surface area contributed by atoms with Crippen molar-refractivity contribution in [2.24, 2.45) is 11.3 Å². The van der Waals surface area contributed by atoms with E-state index in [9.17, 15) is 57.9 Å². The Morgan fingerprint density at radius 3 is 2.35 bits per heavy atom. The van der Waals surface area contributed by atoms with Crippen LogP contribution in [0, 0.1) is 5.41 Å². The van der Waals surface area contributed by atoms with Gasteiger partial charge in [0.2, 0.25) is 17.7 Å². The lowest BCUT2D eigenvalue weighted by molar-refractivity contribution is -0.137. The molecule has 0 aliphatic carbocycles. The van der Waals surface area contributed by atoms with Crippen molar-refractivity contribution in [3.63, 3.8) is 0 Å². The largest absolute Gasteiger partial charge is 0.481 e. The second kappa shape index (κ2) is 17.9. The summed E-state index contributed by atoms with van der Waals surface area (Å²) in [4.78, 5) is 86.2. The second-order valence-corrected chi connectivity index (χ2v) is 16.0. The van der Waals surface area contributed by atoms with Crippen LogP contribution in [0.25, 0.3) is 11.2 Å². The Morgan fingerprint density at radius 1 is 1.02 bits per heavy atom. The van der Waals surface area contributed by atoms with Crippen molar-refractivity contribution in [3.8, 4) is 0 Å². The number of nitrogen functional groups attached to an aromatic ring is 1. The summed E-state index contributed by atoms with van der Waals surface area (Å²) in [5.74, 6) is 3.04. The van der Waals surface area contributed by atoms with Crippen molar-refractivity contribution in [3.05, 3.63) is 12.7 Å². The lowest BCUT2D eigenvalue weighted by atomic mass is 9.87. The molecule has 0 aromatic carbocycles. The van der Waals surface area contributed by atoms with Gasteiger partial charge in [0.15, 0.2) is 17.7 Å². The third-order valence-corrected chi connectivity index (χ3v) is 10.2. The number of hydrazine groups is 1. The number of nitrogens with one attached hydrogen (secondary N) is 3. The summed E-state index contributed by atoms with van der Waals surface area (Å²) in [7, 11) is -16.4. The highest BCUT2D eigenvalue weighted by Crippen LogP contribution is 2.61. The van der Waals surface area contributed by atoms with E-state index in [4.69, 9.17) is 25.4 Å². The minimum absolute atomic E-state index is 0.0274. The highest BCUT2D eigenvalue weighted by atomic mass is 31.3. The fourth-order valence-electron chi connectivity index (χ4n) is 4.49. The first-order valence-corrected chi connectivity index (χ1v) is 19.5. The molecule has 1 fully saturated rings. The van der Waals surface area contributed by atoms with Crippen molar-refractivity contribution in [1.82, 2.24) is 35.6 Å². The number of aliphatic hydroxyl groups is 2. The van der Waals surface area contributed by atoms with E-state index in [1.54, 1.807) is 0 Å². The van der Waals surface area contributed by atoms with Crippen LogP contribution in [0.2, 0.25) is 0 Å². The molecule has 0 radical (unpaired) electrons. The number of carbonyl (C=O) groups is 3. The highest BCUT2D eigenvalue weighted by molar-refractivity contribution is 7.61. The second-order valence-electron chi connectivity index (χ2n) is 11.7. The number of phosphoric acid groups is 3. The Kier molecular flexibility index (Phi) is 14.9. The van der Waals surface area contributed by atoms with Crippen molar-refractivity contribution >= 4 is 58.2 Å². The summed E-state index contributed by atoms with van der Waals surface area (Å²) >= 11 is 0. The monoisotopic (exact) mass is 807 g/mol. The molecule has 2 aromatic rings. The number of anilines is 1. The van der Waals surface area contributed by atoms with Gasteiger partial charge in [0.25, 0.3) is 0 Å². The molecule has 26 nitrogen and oxygen atoms in total. The maximum absolute atomic E-state index is 12.6. The van der Waals surface area contributed by atoms with Gasteiger partial charge < -0.3 is 50.9 Å². The number of hydrogen-bond donors (Lipinski definition) is 11. The predicted octanol–water partition coefficient (Wildman–Crippen LogP) is -2.82. The van der Waals surface area contributed by atoms with Crippen molar-refractivity contribution < 1.29 is 80.5 Å². The van der Waals surface area contributed by atoms with Gasteiger partial charge in [-0.05, 0) is 6.42 Å². The van der Waals surface area contributed by atoms with Crippen LogP contribution < -0.4 is 27.6 Å². The van der Waals surface area contributed by atoms with Gasteiger partial charge in [-0.1, -0.05) is 13.8 Å². The van der Waals surface area contributed by atoms with E-state index in [0.29, 0.717) is 6.42 Å². The van der Waals surface area contributed by atoms with Crippen molar-refractivity contribution in [1.29, 1.82) is 0 Å². The van der Waals surface area contributed by atoms with Gasteiger partial charge in [0.1, 0.15) is 36.3 Å². The number of aliphatic hydroxyl groups excluding tert-OH is 2. The summed E-state index contributed by atoms with van der Waals surface area (Å²) in [6.45, 7) is 0.406. The molecule has 52 heavy (non-hydrogen) atoms. The molecule has 3 amide bonds. The number of hydrogen-bond acceptors (Lipinski definition) is 18. The maximum Gasteiger partial charge on any atom is 0.481 e. The molecule has 0 spiro atoms. The Hall–Kier alpha value is -3.03. The molecule has 2 unspecified atom stereocenters. The molecule has 1 aliphatic heterocycles. The Bertz CT molecular complexity index is 1730. The maximum atomic E-state index is 12.6. The van der Waals surface area contributed by atoms with E-state index in [2.05, 4.69) is 34.4 Å². The molecule has 1 aliphatic rings. The number of amides is 3. The molecule has 2 aromatic heterocycles. The summed E-state index contributed by atoms with van der Waals surface area (Å²) in [5.41, 5.74) is 6.18. The number of ether oxygens (including phenoxy) is 1. The normalized spacial score (nSPS) is 22.3. The van der Waals surface area contributed by atoms with E-state index in [0.717, 1.165) is 17.2 Å². The first-order valence-electron chi connectivity index (χ1n) is 14.9. The highest BCUT2D eigenvalue weighted by Gasteiger charge is 2.50. The number of nitrogens with two attached hydrogens (primary N) is 2. The van der Waals surface area contributed by atoms with Crippen molar-refractivity contribution in [2.75, 3.05) is 32.0 Å². The van der Waals surface area contributed by atoms with Crippen LogP contribution in [-0.2, 0) is 50.7 Å². The van der Waals surface area contributed by atoms with E-state index in [1.807, 2.05) is 5.43 Å². The minimum atomic E-state index is -5.57. The number of carbonyl (C=O) groups excluding carboxylic acids is 3. The third kappa shape index (κ3) is 12.5. The average molecular weight is 808 g/mol. The summed E-state index contributed by atoms with van der Waals surface area (Å²) < 4.78 is 61.8. The van der Waals surface area contributed by atoms with Gasteiger partial charge in [0.05, 0.1) is 19.5 Å². The zero-order valence-electron chi connectivity index (χ0n) is 27.5. The molecule has 0 bridgehead atoms. The number of fused-ring (bicyclic) bond motifs is 1. The zero-order chi connectivity index (χ0) is 39.1. The number of phosphoric ester groups is 3. The number of nitrogens with zero attached hydrogens (tertiary/aromatic N) is 4. The van der Waals surface area contributed by atoms with Gasteiger partial charge in [-0.3, -0.25) is 37.9 Å². The van der Waals surface area contributed by atoms with Gasteiger partial charge in [-0.15, -0.1) is 0 Å². The lowest BCUT2D eigenvalue weighted by Gasteiger charge is -2.30. The Morgan fingerprint density at radius 2 is 1.69 bits per heavy atom. The first-order chi connectivity index (χ1) is 24.1. The van der Waals surface area contributed by atoms with Crippen LogP contribution in [0.15, 0.2) is 12.7 Å². The van der Waals surface area contributed by atoms with Gasteiger partial charge >= 0.3 is 23.5 Å². The summed E-state index contributed by atoms with van der Waals surface area (Å²) in [6.07, 6.45) is -6.55. The topological polar surface area (TPSA) is 402 Å². The molecule has 29 heteroatoms. The molecule has 294 valence electrons. The molecule has 3 rings (SSSR count). The quantitative estimate of drug-likeness (QED) is 0.0211. The molecular formula is C23H40N9O17P3. The molecule has 3 heterocycles. The van der Waals surface area contributed by atoms with Crippen LogP contribution in [0.4, 0.5) is 5.82 Å². The third-order valence-electron chi connectivity index (χ3n) is 7.14. The van der Waals surface area contributed by atoms with Gasteiger partial charge in [0, 0.05) is 31.3 Å². The first kappa shape index (κ1) is 43.4. The fourth-order valence-corrected chi connectivity index (χ4v) is 7.32. The smallest absolute Gasteiger partial charge is 0.386 e. The minimum Gasteiger partial charge on any atom is -0.386 e. The molecule has 7 atom stereocenters. The van der Waals surface area contributed by atoms with E-state index >= 15 is 0 Å². The van der Waals surface area contributed by atoms with E-state index in [1.165, 1.54) is 13.8 Å². The molecule has 13 N–H and O–H groups in total. The van der Waals surface area contributed by atoms with E-state index in [-0.39, 0.29) is 42.9 Å². The fraction of sp³-hybridized carbons (Fsp3) is 0.652. The SMILES string of the molecule is CC(C)(COP(=O)(O)OP(=O)(O)OC[C@H]1O[C@@H](n2cnc3c(N)ncnc32)[C@H](O)[C@@H]1OP(=O)(O)O)[C@@H](O)C(=O)NCCC(=O)NCCCC(=O)NN. The lowest BCUT2D eigenvalue weighted by Crippen LogP contribution is -2.46. The molecule has 0 saturated carbocycles. The number of imidazole rings is 1.